The minimum atomic E-state index is 1.15. The molecule has 2 nitrogen and oxygen atoms in total. The average molecular weight is 459 g/mol. The van der Waals surface area contributed by atoms with Crippen molar-refractivity contribution in [2.24, 2.45) is 0 Å². The third kappa shape index (κ3) is 2.67. The van der Waals surface area contributed by atoms with Crippen molar-refractivity contribution in [1.29, 1.82) is 0 Å². The number of nitrogens with zero attached hydrogens (tertiary/aromatic N) is 2. The van der Waals surface area contributed by atoms with Crippen molar-refractivity contribution in [2.75, 3.05) is 4.90 Å². The number of hydrogen-bond donors (Lipinski definition) is 0. The second-order valence-electron chi connectivity index (χ2n) is 9.46. The maximum Gasteiger partial charge on any atom is 0.0620 e. The molecular weight excluding hydrogens is 436 g/mol. The predicted molar refractivity (Wildman–Crippen MR) is 153 cm³/mol. The molecule has 8 aromatic rings. The Morgan fingerprint density at radius 1 is 0.389 bits per heavy atom. The molecule has 8 rings (SSSR count). The predicted octanol–water partition coefficient (Wildman–Crippen LogP) is 9.46. The van der Waals surface area contributed by atoms with Crippen LogP contribution < -0.4 is 4.90 Å². The van der Waals surface area contributed by atoms with Gasteiger partial charge in [-0.3, -0.25) is 0 Å². The zero-order valence-electron chi connectivity index (χ0n) is 19.6. The smallest absolute Gasteiger partial charge is 0.0620 e. The Bertz CT molecular complexity index is 2000. The second-order valence-corrected chi connectivity index (χ2v) is 9.46. The Morgan fingerprint density at radius 3 is 1.64 bits per heavy atom. The fourth-order valence-corrected chi connectivity index (χ4v) is 5.89. The normalized spacial score (nSPS) is 11.9. The first-order valence-electron chi connectivity index (χ1n) is 12.4. The summed E-state index contributed by atoms with van der Waals surface area (Å²) >= 11 is 0. The molecule has 36 heavy (non-hydrogen) atoms. The molecule has 2 heteroatoms. The summed E-state index contributed by atoms with van der Waals surface area (Å²) < 4.78 is 2.46. The summed E-state index contributed by atoms with van der Waals surface area (Å²) in [5.74, 6) is 0. The van der Waals surface area contributed by atoms with Gasteiger partial charge >= 0.3 is 0 Å². The topological polar surface area (TPSA) is 7.65 Å². The van der Waals surface area contributed by atoms with Gasteiger partial charge in [-0.25, -0.2) is 0 Å². The van der Waals surface area contributed by atoms with Crippen LogP contribution in [0.15, 0.2) is 133 Å². The molecule has 0 aliphatic rings. The zero-order valence-corrected chi connectivity index (χ0v) is 19.6. The molecule has 0 bridgehead atoms. The molecule has 0 radical (unpaired) electrons. The highest BCUT2D eigenvalue weighted by Crippen LogP contribution is 2.43. The fourth-order valence-electron chi connectivity index (χ4n) is 5.89. The molecule has 0 saturated heterocycles. The van der Waals surface area contributed by atoms with Crippen molar-refractivity contribution in [2.45, 2.75) is 0 Å². The summed E-state index contributed by atoms with van der Waals surface area (Å²) in [6.45, 7) is 0. The Kier molecular flexibility index (Phi) is 3.97. The van der Waals surface area contributed by atoms with E-state index in [4.69, 9.17) is 0 Å². The Morgan fingerprint density at radius 2 is 0.972 bits per heavy atom. The molecule has 2 aromatic heterocycles. The quantitative estimate of drug-likeness (QED) is 0.256. The molecule has 0 N–H and O–H groups in total. The maximum atomic E-state index is 2.46. The van der Waals surface area contributed by atoms with Crippen LogP contribution in [0, 0.1) is 0 Å². The third-order valence-corrected chi connectivity index (χ3v) is 7.45. The van der Waals surface area contributed by atoms with E-state index in [1.54, 1.807) is 0 Å². The van der Waals surface area contributed by atoms with E-state index >= 15 is 0 Å². The fraction of sp³-hybridized carbons (Fsp3) is 0. The van der Waals surface area contributed by atoms with Gasteiger partial charge in [0.15, 0.2) is 0 Å². The molecule has 0 aliphatic heterocycles. The largest absolute Gasteiger partial charge is 0.310 e. The van der Waals surface area contributed by atoms with Crippen LogP contribution in [-0.4, -0.2) is 4.40 Å². The van der Waals surface area contributed by atoms with Gasteiger partial charge in [-0.15, -0.1) is 0 Å². The van der Waals surface area contributed by atoms with Crippen LogP contribution in [-0.2, 0) is 0 Å². The highest BCUT2D eigenvalue weighted by molar-refractivity contribution is 6.25. The van der Waals surface area contributed by atoms with Gasteiger partial charge in [0.1, 0.15) is 0 Å². The summed E-state index contributed by atoms with van der Waals surface area (Å²) in [6, 6.07) is 48.2. The number of para-hydroxylation sites is 3. The first-order valence-corrected chi connectivity index (χ1v) is 12.4. The van der Waals surface area contributed by atoms with E-state index < -0.39 is 0 Å². The average Bonchev–Trinajstić information content (AvgIpc) is 3.44. The lowest BCUT2D eigenvalue weighted by molar-refractivity contribution is 1.29. The van der Waals surface area contributed by atoms with Gasteiger partial charge in [0, 0.05) is 38.6 Å². The number of fused-ring (bicyclic) bond motifs is 7. The van der Waals surface area contributed by atoms with Crippen LogP contribution in [0.3, 0.4) is 0 Å². The highest BCUT2D eigenvalue weighted by Gasteiger charge is 2.19. The molecule has 168 valence electrons. The molecule has 0 unspecified atom stereocenters. The Balaban J connectivity index is 1.45. The lowest BCUT2D eigenvalue weighted by Gasteiger charge is -2.25. The van der Waals surface area contributed by atoms with Crippen LogP contribution in [0.4, 0.5) is 17.1 Å². The number of benzene rings is 6. The third-order valence-electron chi connectivity index (χ3n) is 7.45. The molecule has 0 spiro atoms. The molecule has 2 heterocycles. The highest BCUT2D eigenvalue weighted by atomic mass is 15.1. The van der Waals surface area contributed by atoms with Crippen molar-refractivity contribution >= 4 is 65.9 Å². The SMILES string of the molecule is c1ccc(N(c2ccccc2)c2ccc3c(c2)c2cccc4c5cc6ccccc6cc5n3c24)cc1. The minimum absolute atomic E-state index is 1.15. The summed E-state index contributed by atoms with van der Waals surface area (Å²) in [4.78, 5) is 2.33. The zero-order chi connectivity index (χ0) is 23.6. The summed E-state index contributed by atoms with van der Waals surface area (Å²) in [5.41, 5.74) is 7.28. The van der Waals surface area contributed by atoms with Gasteiger partial charge in [0.05, 0.1) is 16.6 Å². The molecule has 0 saturated carbocycles. The number of anilines is 3. The molecule has 0 fully saturated rings. The van der Waals surface area contributed by atoms with Gasteiger partial charge < -0.3 is 9.30 Å². The van der Waals surface area contributed by atoms with Gasteiger partial charge in [-0.2, -0.15) is 0 Å². The first kappa shape index (κ1) is 19.5. The van der Waals surface area contributed by atoms with Crippen LogP contribution in [0.25, 0.3) is 48.9 Å². The Hall–Kier alpha value is -4.82. The van der Waals surface area contributed by atoms with Crippen molar-refractivity contribution < 1.29 is 0 Å². The van der Waals surface area contributed by atoms with E-state index in [0.29, 0.717) is 0 Å². The van der Waals surface area contributed by atoms with Gasteiger partial charge in [0.2, 0.25) is 0 Å². The van der Waals surface area contributed by atoms with E-state index in [1.165, 1.54) is 48.9 Å². The van der Waals surface area contributed by atoms with Crippen molar-refractivity contribution in [3.63, 3.8) is 0 Å². The minimum Gasteiger partial charge on any atom is -0.310 e. The number of rotatable bonds is 3. The Labute approximate surface area is 208 Å². The summed E-state index contributed by atoms with van der Waals surface area (Å²) in [5, 5.41) is 7.76. The van der Waals surface area contributed by atoms with Crippen LogP contribution >= 0.6 is 0 Å². The molecule has 0 amide bonds. The molecule has 6 aromatic carbocycles. The van der Waals surface area contributed by atoms with Crippen LogP contribution in [0.5, 0.6) is 0 Å². The van der Waals surface area contributed by atoms with E-state index in [0.717, 1.165) is 17.1 Å². The maximum absolute atomic E-state index is 2.46. The molecule has 0 atom stereocenters. The van der Waals surface area contributed by atoms with Crippen LogP contribution in [0.2, 0.25) is 0 Å². The number of aromatic nitrogens is 1. The summed E-state index contributed by atoms with van der Waals surface area (Å²) in [7, 11) is 0. The van der Waals surface area contributed by atoms with E-state index in [-0.39, 0.29) is 0 Å². The van der Waals surface area contributed by atoms with E-state index in [1.807, 2.05) is 0 Å². The summed E-state index contributed by atoms with van der Waals surface area (Å²) in [6.07, 6.45) is 0. The molecule has 0 aliphatic carbocycles. The van der Waals surface area contributed by atoms with Crippen molar-refractivity contribution in [1.82, 2.24) is 4.40 Å². The van der Waals surface area contributed by atoms with Gasteiger partial charge in [0.25, 0.3) is 0 Å². The van der Waals surface area contributed by atoms with Crippen molar-refractivity contribution in [3.8, 4) is 0 Å². The van der Waals surface area contributed by atoms with E-state index in [9.17, 15) is 0 Å². The standard InChI is InChI=1S/C34H22N2/c1-3-12-25(13-4-1)35(26-14-5-2-6-15-26)27-18-19-32-31(22-27)29-17-9-16-28-30-20-23-10-7-8-11-24(23)21-33(30)36(32)34(28)29/h1-22H. The van der Waals surface area contributed by atoms with Crippen LogP contribution in [0.1, 0.15) is 0 Å². The second kappa shape index (κ2) is 7.34. The lowest BCUT2D eigenvalue weighted by atomic mass is 10.0. The van der Waals surface area contributed by atoms with Crippen molar-refractivity contribution in [3.05, 3.63) is 133 Å². The lowest BCUT2D eigenvalue weighted by Crippen LogP contribution is -2.09. The molecular formula is C34H22N2. The first-order chi connectivity index (χ1) is 17.9. The number of hydrogen-bond acceptors (Lipinski definition) is 1. The monoisotopic (exact) mass is 458 g/mol. The van der Waals surface area contributed by atoms with Gasteiger partial charge in [-0.05, 0) is 65.4 Å². The van der Waals surface area contributed by atoms with E-state index in [2.05, 4.69) is 143 Å². The van der Waals surface area contributed by atoms with Gasteiger partial charge in [-0.1, -0.05) is 78.9 Å².